The third-order valence-corrected chi connectivity index (χ3v) is 5.50. The average Bonchev–Trinajstić information content (AvgIpc) is 2.90. The Balaban J connectivity index is 1.98. The minimum atomic E-state index is -4.31. The van der Waals surface area contributed by atoms with E-state index >= 15 is 0 Å². The fourth-order valence-corrected chi connectivity index (χ4v) is 4.39. The van der Waals surface area contributed by atoms with E-state index in [9.17, 15) is 13.2 Å². The summed E-state index contributed by atoms with van der Waals surface area (Å²) in [6.45, 7) is 1.83. The van der Waals surface area contributed by atoms with Crippen molar-refractivity contribution >= 4 is 17.4 Å². The molecule has 0 amide bonds. The Kier molecular flexibility index (Phi) is 4.44. The van der Waals surface area contributed by atoms with Crippen molar-refractivity contribution in [2.75, 3.05) is 4.90 Å². The highest BCUT2D eigenvalue weighted by Crippen LogP contribution is 2.46. The maximum atomic E-state index is 13.3. The third kappa shape index (κ3) is 3.00. The second kappa shape index (κ2) is 6.19. The number of anilines is 1. The zero-order valence-corrected chi connectivity index (χ0v) is 13.4. The lowest BCUT2D eigenvalue weighted by atomic mass is 9.83. The monoisotopic (exact) mass is 327 g/mol. The van der Waals surface area contributed by atoms with Crippen LogP contribution in [-0.4, -0.2) is 11.6 Å². The largest absolute Gasteiger partial charge is 0.431 e. The summed E-state index contributed by atoms with van der Waals surface area (Å²) in [4.78, 5) is 1.47. The van der Waals surface area contributed by atoms with Crippen molar-refractivity contribution in [1.82, 2.24) is 0 Å². The van der Waals surface area contributed by atoms with Crippen molar-refractivity contribution in [3.63, 3.8) is 0 Å². The lowest BCUT2D eigenvalue weighted by Crippen LogP contribution is -2.34. The summed E-state index contributed by atoms with van der Waals surface area (Å²) in [6.07, 6.45) is 1.44. The summed E-state index contributed by atoms with van der Waals surface area (Å²) in [5, 5.41) is 1.03. The molecule has 0 spiro atoms. The Morgan fingerprint density at radius 1 is 1.09 bits per heavy atom. The number of thioether (sulfide) groups is 1. The van der Waals surface area contributed by atoms with E-state index < -0.39 is 11.9 Å². The molecule has 22 heavy (non-hydrogen) atoms. The highest BCUT2D eigenvalue weighted by Gasteiger charge is 2.43. The van der Waals surface area contributed by atoms with Crippen LogP contribution >= 0.6 is 11.8 Å². The molecule has 1 aromatic rings. The molecule has 1 fully saturated rings. The standard InChI is InChI=1S/C17H20F3NS/c1-12-21(16(11-22-12)17(18,19)20)15-10-6-5-9-14(15)13-7-3-2-4-8-13/h5-6,9-13H,2-4,7-8H2,1H3. The zero-order chi connectivity index (χ0) is 15.7. The van der Waals surface area contributed by atoms with Crippen LogP contribution in [0.25, 0.3) is 0 Å². The van der Waals surface area contributed by atoms with Crippen molar-refractivity contribution in [2.45, 2.75) is 56.5 Å². The van der Waals surface area contributed by atoms with E-state index in [1.54, 1.807) is 0 Å². The van der Waals surface area contributed by atoms with Crippen LogP contribution in [0.1, 0.15) is 50.5 Å². The number of para-hydroxylation sites is 1. The Hall–Kier alpha value is -1.10. The number of halogens is 3. The molecule has 1 aromatic carbocycles. The van der Waals surface area contributed by atoms with Gasteiger partial charge >= 0.3 is 6.18 Å². The molecule has 0 bridgehead atoms. The molecule has 0 saturated heterocycles. The van der Waals surface area contributed by atoms with Crippen LogP contribution in [0.15, 0.2) is 35.4 Å². The van der Waals surface area contributed by atoms with Gasteiger partial charge < -0.3 is 4.90 Å². The fourth-order valence-electron chi connectivity index (χ4n) is 3.47. The Morgan fingerprint density at radius 2 is 1.77 bits per heavy atom. The number of rotatable bonds is 2. The zero-order valence-electron chi connectivity index (χ0n) is 12.6. The van der Waals surface area contributed by atoms with Crippen molar-refractivity contribution in [3.05, 3.63) is 40.9 Å². The molecule has 1 saturated carbocycles. The van der Waals surface area contributed by atoms with Gasteiger partial charge in [0.1, 0.15) is 5.70 Å². The quantitative estimate of drug-likeness (QED) is 0.652. The van der Waals surface area contributed by atoms with Gasteiger partial charge in [0.05, 0.1) is 5.37 Å². The molecule has 2 aliphatic rings. The molecular formula is C17H20F3NS. The maximum Gasteiger partial charge on any atom is 0.431 e. The van der Waals surface area contributed by atoms with Gasteiger partial charge in [-0.1, -0.05) is 37.5 Å². The Morgan fingerprint density at radius 3 is 2.45 bits per heavy atom. The van der Waals surface area contributed by atoms with Crippen LogP contribution in [0.2, 0.25) is 0 Å². The minimum absolute atomic E-state index is 0.221. The molecule has 1 nitrogen and oxygen atoms in total. The number of benzene rings is 1. The van der Waals surface area contributed by atoms with Crippen LogP contribution in [-0.2, 0) is 0 Å². The summed E-state index contributed by atoms with van der Waals surface area (Å²) >= 11 is 1.23. The van der Waals surface area contributed by atoms with Crippen molar-refractivity contribution in [2.24, 2.45) is 0 Å². The van der Waals surface area contributed by atoms with Gasteiger partial charge in [0, 0.05) is 11.1 Å². The lowest BCUT2D eigenvalue weighted by Gasteiger charge is -2.33. The molecule has 1 atom stereocenters. The lowest BCUT2D eigenvalue weighted by molar-refractivity contribution is -0.0929. The molecule has 1 unspecified atom stereocenters. The molecule has 5 heteroatoms. The summed E-state index contributed by atoms with van der Waals surface area (Å²) in [5.41, 5.74) is 1.27. The Labute approximate surface area is 133 Å². The summed E-state index contributed by atoms with van der Waals surface area (Å²) < 4.78 is 40.0. The molecule has 0 radical (unpaired) electrons. The van der Waals surface area contributed by atoms with E-state index in [1.165, 1.54) is 41.3 Å². The van der Waals surface area contributed by atoms with E-state index in [0.717, 1.165) is 24.1 Å². The first kappa shape index (κ1) is 15.8. The molecule has 3 rings (SSSR count). The van der Waals surface area contributed by atoms with Crippen LogP contribution in [0.3, 0.4) is 0 Å². The van der Waals surface area contributed by atoms with Gasteiger partial charge in [-0.05, 0) is 37.3 Å². The number of hydrogen-bond acceptors (Lipinski definition) is 2. The van der Waals surface area contributed by atoms with Crippen LogP contribution < -0.4 is 4.90 Å². The predicted molar refractivity (Wildman–Crippen MR) is 85.9 cm³/mol. The molecular weight excluding hydrogens is 307 g/mol. The van der Waals surface area contributed by atoms with E-state index in [4.69, 9.17) is 0 Å². The van der Waals surface area contributed by atoms with Crippen LogP contribution in [0.4, 0.5) is 18.9 Å². The second-order valence-electron chi connectivity index (χ2n) is 6.00. The smallest absolute Gasteiger partial charge is 0.324 e. The van der Waals surface area contributed by atoms with Crippen molar-refractivity contribution in [1.29, 1.82) is 0 Å². The molecule has 1 heterocycles. The highest BCUT2D eigenvalue weighted by molar-refractivity contribution is 8.03. The summed E-state index contributed by atoms with van der Waals surface area (Å²) in [5.74, 6) is 0.386. The normalized spacial score (nSPS) is 23.7. The molecule has 120 valence electrons. The fraction of sp³-hybridized carbons (Fsp3) is 0.529. The van der Waals surface area contributed by atoms with Crippen molar-refractivity contribution < 1.29 is 13.2 Å². The van der Waals surface area contributed by atoms with Gasteiger partial charge in [0.15, 0.2) is 0 Å². The first-order valence-corrected chi connectivity index (χ1v) is 8.74. The van der Waals surface area contributed by atoms with Gasteiger partial charge in [0.2, 0.25) is 0 Å². The number of nitrogens with zero attached hydrogens (tertiary/aromatic N) is 1. The molecule has 0 N–H and O–H groups in total. The second-order valence-corrected chi connectivity index (χ2v) is 7.19. The number of alkyl halides is 3. The van der Waals surface area contributed by atoms with Gasteiger partial charge in [-0.3, -0.25) is 0 Å². The van der Waals surface area contributed by atoms with Gasteiger partial charge in [-0.15, -0.1) is 11.8 Å². The van der Waals surface area contributed by atoms with E-state index in [1.807, 2.05) is 31.2 Å². The SMILES string of the molecule is CC1SC=C(C(F)(F)F)N1c1ccccc1C1CCCCC1. The first-order chi connectivity index (χ1) is 10.5. The van der Waals surface area contributed by atoms with Crippen LogP contribution in [0.5, 0.6) is 0 Å². The summed E-state index contributed by atoms with van der Waals surface area (Å²) in [7, 11) is 0. The molecule has 0 aromatic heterocycles. The van der Waals surface area contributed by atoms with Crippen LogP contribution in [0, 0.1) is 0 Å². The van der Waals surface area contributed by atoms with E-state index in [2.05, 4.69) is 0 Å². The van der Waals surface area contributed by atoms with Crippen molar-refractivity contribution in [3.8, 4) is 0 Å². The topological polar surface area (TPSA) is 3.24 Å². The predicted octanol–water partition coefficient (Wildman–Crippen LogP) is 6.04. The van der Waals surface area contributed by atoms with Gasteiger partial charge in [-0.25, -0.2) is 0 Å². The Bertz CT molecular complexity index is 561. The minimum Gasteiger partial charge on any atom is -0.324 e. The highest BCUT2D eigenvalue weighted by atomic mass is 32.2. The molecule has 1 aliphatic heterocycles. The van der Waals surface area contributed by atoms with E-state index in [0.29, 0.717) is 5.92 Å². The van der Waals surface area contributed by atoms with E-state index in [-0.39, 0.29) is 5.37 Å². The summed E-state index contributed by atoms with van der Waals surface area (Å²) in [6, 6.07) is 7.63. The first-order valence-electron chi connectivity index (χ1n) is 7.79. The number of hydrogen-bond donors (Lipinski definition) is 0. The average molecular weight is 327 g/mol. The van der Waals surface area contributed by atoms with Gasteiger partial charge in [0.25, 0.3) is 0 Å². The van der Waals surface area contributed by atoms with Gasteiger partial charge in [-0.2, -0.15) is 13.2 Å². The molecule has 1 aliphatic carbocycles. The maximum absolute atomic E-state index is 13.3. The third-order valence-electron chi connectivity index (χ3n) is 4.53. The number of allylic oxidation sites excluding steroid dienone is 1.